The molecule has 0 saturated heterocycles. The summed E-state index contributed by atoms with van der Waals surface area (Å²) in [6.07, 6.45) is -1.22. The predicted molar refractivity (Wildman–Crippen MR) is 104 cm³/mol. The van der Waals surface area contributed by atoms with Crippen molar-refractivity contribution in [2.24, 2.45) is 0 Å². The normalized spacial score (nSPS) is 11.3. The van der Waals surface area contributed by atoms with Crippen LogP contribution >= 0.6 is 0 Å². The average Bonchev–Trinajstić information content (AvgIpc) is 2.68. The Hall–Kier alpha value is -3.55. The SMILES string of the molecule is C=CCn1ccc2c(OCC(=O)Nc3ccc(C(F)(F)F)cc3)cccc2c1=O. The summed E-state index contributed by atoms with van der Waals surface area (Å²) in [7, 11) is 0. The van der Waals surface area contributed by atoms with E-state index < -0.39 is 17.6 Å². The molecule has 0 spiro atoms. The van der Waals surface area contributed by atoms with Crippen molar-refractivity contribution in [3.05, 3.63) is 83.3 Å². The molecule has 0 atom stereocenters. The van der Waals surface area contributed by atoms with Gasteiger partial charge < -0.3 is 14.6 Å². The maximum absolute atomic E-state index is 12.6. The highest BCUT2D eigenvalue weighted by atomic mass is 19.4. The molecule has 3 aromatic rings. The molecule has 150 valence electrons. The van der Waals surface area contributed by atoms with E-state index in [1.165, 1.54) is 16.7 Å². The van der Waals surface area contributed by atoms with Crippen molar-refractivity contribution in [3.8, 4) is 5.75 Å². The van der Waals surface area contributed by atoms with Crippen LogP contribution in [0.4, 0.5) is 18.9 Å². The van der Waals surface area contributed by atoms with Gasteiger partial charge in [0.15, 0.2) is 6.61 Å². The average molecular weight is 402 g/mol. The second-order valence-electron chi connectivity index (χ2n) is 6.19. The zero-order valence-corrected chi connectivity index (χ0v) is 15.2. The molecule has 0 aliphatic rings. The number of ether oxygens (including phenoxy) is 1. The summed E-state index contributed by atoms with van der Waals surface area (Å²) in [5.41, 5.74) is -0.788. The molecule has 0 aliphatic carbocycles. The van der Waals surface area contributed by atoms with Gasteiger partial charge in [-0.2, -0.15) is 13.2 Å². The third-order valence-corrected chi connectivity index (χ3v) is 4.16. The lowest BCUT2D eigenvalue weighted by Crippen LogP contribution is -2.21. The molecule has 2 aromatic carbocycles. The van der Waals surface area contributed by atoms with Crippen LogP contribution in [0.3, 0.4) is 0 Å². The van der Waals surface area contributed by atoms with Crippen molar-refractivity contribution in [1.29, 1.82) is 0 Å². The number of rotatable bonds is 6. The predicted octanol–water partition coefficient (Wildman–Crippen LogP) is 4.22. The number of anilines is 1. The van der Waals surface area contributed by atoms with Crippen molar-refractivity contribution >= 4 is 22.4 Å². The lowest BCUT2D eigenvalue weighted by atomic mass is 10.1. The van der Waals surface area contributed by atoms with Crippen molar-refractivity contribution < 1.29 is 22.7 Å². The minimum Gasteiger partial charge on any atom is -0.483 e. The van der Waals surface area contributed by atoms with Crippen LogP contribution in [0.2, 0.25) is 0 Å². The van der Waals surface area contributed by atoms with Gasteiger partial charge in [-0.3, -0.25) is 9.59 Å². The molecule has 0 radical (unpaired) electrons. The topological polar surface area (TPSA) is 60.3 Å². The number of amides is 1. The number of nitrogens with zero attached hydrogens (tertiary/aromatic N) is 1. The highest BCUT2D eigenvalue weighted by Crippen LogP contribution is 2.29. The minimum absolute atomic E-state index is 0.206. The number of fused-ring (bicyclic) bond motifs is 1. The molecule has 1 N–H and O–H groups in total. The Morgan fingerprint density at radius 2 is 1.83 bits per heavy atom. The fraction of sp³-hybridized carbons (Fsp3) is 0.143. The van der Waals surface area contributed by atoms with Crippen molar-refractivity contribution in [3.63, 3.8) is 0 Å². The fourth-order valence-corrected chi connectivity index (χ4v) is 2.78. The van der Waals surface area contributed by atoms with Crippen LogP contribution in [-0.2, 0) is 17.5 Å². The number of carbonyl (C=O) groups excluding carboxylic acids is 1. The molecule has 29 heavy (non-hydrogen) atoms. The van der Waals surface area contributed by atoms with Gasteiger partial charge in [0.1, 0.15) is 5.75 Å². The van der Waals surface area contributed by atoms with E-state index in [1.54, 1.807) is 36.5 Å². The first kappa shape index (κ1) is 20.2. The van der Waals surface area contributed by atoms with E-state index >= 15 is 0 Å². The van der Waals surface area contributed by atoms with Crippen molar-refractivity contribution in [2.75, 3.05) is 11.9 Å². The Bertz CT molecular complexity index is 1100. The van der Waals surface area contributed by atoms with Gasteiger partial charge in [-0.15, -0.1) is 6.58 Å². The molecule has 1 amide bonds. The number of allylic oxidation sites excluding steroid dienone is 1. The highest BCUT2D eigenvalue weighted by molar-refractivity contribution is 5.92. The smallest absolute Gasteiger partial charge is 0.416 e. The Kier molecular flexibility index (Phi) is 5.72. The number of carbonyl (C=O) groups is 1. The quantitative estimate of drug-likeness (QED) is 0.628. The van der Waals surface area contributed by atoms with Crippen LogP contribution < -0.4 is 15.6 Å². The summed E-state index contributed by atoms with van der Waals surface area (Å²) in [6.45, 7) is 3.62. The molecule has 0 bridgehead atoms. The zero-order chi connectivity index (χ0) is 21.0. The summed E-state index contributed by atoms with van der Waals surface area (Å²) >= 11 is 0. The largest absolute Gasteiger partial charge is 0.483 e. The Morgan fingerprint density at radius 3 is 2.48 bits per heavy atom. The van der Waals surface area contributed by atoms with Gasteiger partial charge in [0.05, 0.1) is 10.9 Å². The highest BCUT2D eigenvalue weighted by Gasteiger charge is 2.29. The number of hydrogen-bond acceptors (Lipinski definition) is 3. The van der Waals surface area contributed by atoms with Crippen LogP contribution in [0.5, 0.6) is 5.75 Å². The Morgan fingerprint density at radius 1 is 1.10 bits per heavy atom. The minimum atomic E-state index is -4.44. The van der Waals surface area contributed by atoms with E-state index in [-0.39, 0.29) is 17.9 Å². The molecule has 0 aliphatic heterocycles. The number of alkyl halides is 3. The first-order chi connectivity index (χ1) is 13.8. The van der Waals surface area contributed by atoms with Crippen LogP contribution in [0.15, 0.2) is 72.2 Å². The molecular weight excluding hydrogens is 385 g/mol. The standard InChI is InChI=1S/C21H17F3N2O3/c1-2-11-26-12-10-16-17(20(26)28)4-3-5-18(16)29-13-19(27)25-15-8-6-14(7-9-15)21(22,23)24/h2-10,12H,1,11,13H2,(H,25,27). The zero-order valence-electron chi connectivity index (χ0n) is 15.2. The van der Waals surface area contributed by atoms with Gasteiger partial charge in [0, 0.05) is 23.8 Å². The lowest BCUT2D eigenvalue weighted by Gasteiger charge is -2.11. The number of pyridine rings is 1. The molecular formula is C21H17F3N2O3. The Labute approximate surface area is 164 Å². The number of halogens is 3. The summed E-state index contributed by atoms with van der Waals surface area (Å²) in [5.74, 6) is -0.185. The van der Waals surface area contributed by atoms with Gasteiger partial charge >= 0.3 is 6.18 Å². The lowest BCUT2D eigenvalue weighted by molar-refractivity contribution is -0.137. The van der Waals surface area contributed by atoms with Crippen molar-refractivity contribution in [1.82, 2.24) is 4.57 Å². The maximum atomic E-state index is 12.6. The molecule has 1 aromatic heterocycles. The van der Waals surface area contributed by atoms with E-state index in [2.05, 4.69) is 11.9 Å². The van der Waals surface area contributed by atoms with E-state index in [0.29, 0.717) is 23.1 Å². The molecule has 8 heteroatoms. The van der Waals surface area contributed by atoms with E-state index in [4.69, 9.17) is 4.74 Å². The third kappa shape index (κ3) is 4.66. The summed E-state index contributed by atoms with van der Waals surface area (Å²) in [5, 5.41) is 3.46. The van der Waals surface area contributed by atoms with Crippen molar-refractivity contribution in [2.45, 2.75) is 12.7 Å². The van der Waals surface area contributed by atoms with Gasteiger partial charge in [-0.25, -0.2) is 0 Å². The monoisotopic (exact) mass is 402 g/mol. The third-order valence-electron chi connectivity index (χ3n) is 4.16. The van der Waals surface area contributed by atoms with Crippen LogP contribution in [0, 0.1) is 0 Å². The van der Waals surface area contributed by atoms with Crippen LogP contribution in [0.25, 0.3) is 10.8 Å². The maximum Gasteiger partial charge on any atom is 0.416 e. The Balaban J connectivity index is 1.70. The van der Waals surface area contributed by atoms with E-state index in [1.807, 2.05) is 0 Å². The van der Waals surface area contributed by atoms with Gasteiger partial charge in [0.25, 0.3) is 11.5 Å². The molecule has 0 fully saturated rings. The van der Waals surface area contributed by atoms with E-state index in [9.17, 15) is 22.8 Å². The van der Waals surface area contributed by atoms with Gasteiger partial charge in [-0.1, -0.05) is 12.1 Å². The molecule has 5 nitrogen and oxygen atoms in total. The van der Waals surface area contributed by atoms with Gasteiger partial charge in [0.2, 0.25) is 0 Å². The number of benzene rings is 2. The number of hydrogen-bond donors (Lipinski definition) is 1. The van der Waals surface area contributed by atoms with E-state index in [0.717, 1.165) is 12.1 Å². The molecule has 3 rings (SSSR count). The molecule has 0 saturated carbocycles. The fourth-order valence-electron chi connectivity index (χ4n) is 2.78. The van der Waals surface area contributed by atoms with Crippen LogP contribution in [0.1, 0.15) is 5.56 Å². The summed E-state index contributed by atoms with van der Waals surface area (Å²) < 4.78 is 44.8. The number of nitrogens with one attached hydrogen (secondary N) is 1. The first-order valence-corrected chi connectivity index (χ1v) is 8.62. The molecule has 0 unspecified atom stereocenters. The second kappa shape index (κ2) is 8.22. The second-order valence-corrected chi connectivity index (χ2v) is 6.19. The summed E-state index contributed by atoms with van der Waals surface area (Å²) in [4.78, 5) is 24.5. The number of aromatic nitrogens is 1. The first-order valence-electron chi connectivity index (χ1n) is 8.62. The summed E-state index contributed by atoms with van der Waals surface area (Å²) in [6, 6.07) is 10.7. The molecule has 1 heterocycles. The van der Waals surface area contributed by atoms with Crippen LogP contribution in [-0.4, -0.2) is 17.1 Å². The van der Waals surface area contributed by atoms with Gasteiger partial charge in [-0.05, 0) is 42.5 Å².